The molecule has 0 aliphatic heterocycles. The van der Waals surface area contributed by atoms with Gasteiger partial charge in [0.2, 0.25) is 0 Å². The summed E-state index contributed by atoms with van der Waals surface area (Å²) in [5.74, 6) is -0.363. The highest BCUT2D eigenvalue weighted by atomic mass is 19.1. The summed E-state index contributed by atoms with van der Waals surface area (Å²) < 4.78 is 13.5. The van der Waals surface area contributed by atoms with E-state index in [4.69, 9.17) is 11.1 Å². The second kappa shape index (κ2) is 7.06. The Bertz CT molecular complexity index is 514. The molecule has 114 valence electrons. The molecule has 5 nitrogen and oxygen atoms in total. The van der Waals surface area contributed by atoms with E-state index >= 15 is 0 Å². The Hall–Kier alpha value is -2.11. The molecule has 1 fully saturated rings. The minimum atomic E-state index is -0.536. The average molecular weight is 292 g/mol. The average Bonchev–Trinajstić information content (AvgIpc) is 2.48. The van der Waals surface area contributed by atoms with Gasteiger partial charge < -0.3 is 16.4 Å². The summed E-state index contributed by atoms with van der Waals surface area (Å²) >= 11 is 0. The molecule has 2 amide bonds. The third-order valence-electron chi connectivity index (χ3n) is 3.86. The van der Waals surface area contributed by atoms with Crippen LogP contribution in [0.25, 0.3) is 0 Å². The molecule has 0 bridgehead atoms. The van der Waals surface area contributed by atoms with Crippen LogP contribution >= 0.6 is 0 Å². The largest absolute Gasteiger partial charge is 0.386 e. The van der Waals surface area contributed by atoms with Crippen LogP contribution in [0.15, 0.2) is 24.3 Å². The molecule has 5 N–H and O–H groups in total. The first kappa shape index (κ1) is 15.3. The molecule has 1 unspecified atom stereocenters. The van der Waals surface area contributed by atoms with E-state index in [1.165, 1.54) is 18.6 Å². The molecular formula is C15H21FN4O. The van der Waals surface area contributed by atoms with Gasteiger partial charge in [-0.25, -0.2) is 9.18 Å². The first-order valence-electron chi connectivity index (χ1n) is 7.24. The fourth-order valence-corrected chi connectivity index (χ4v) is 2.78. The predicted octanol–water partition coefficient (Wildman–Crippen LogP) is 2.83. The van der Waals surface area contributed by atoms with E-state index in [1.54, 1.807) is 12.1 Å². The Kier molecular flexibility index (Phi) is 5.14. The number of carbonyl (C=O) groups excluding carboxylic acids is 1. The molecule has 1 atom stereocenters. The van der Waals surface area contributed by atoms with Crippen LogP contribution in [0.3, 0.4) is 0 Å². The number of para-hydroxylation sites is 1. The van der Waals surface area contributed by atoms with Crippen LogP contribution in [-0.4, -0.2) is 17.9 Å². The number of carbonyl (C=O) groups is 1. The topological polar surface area (TPSA) is 91.0 Å². The van der Waals surface area contributed by atoms with Crippen molar-refractivity contribution in [3.05, 3.63) is 30.1 Å². The number of halogens is 1. The number of nitrogens with two attached hydrogens (primary N) is 1. The maximum atomic E-state index is 13.5. The van der Waals surface area contributed by atoms with Gasteiger partial charge in [0.15, 0.2) is 0 Å². The highest BCUT2D eigenvalue weighted by Crippen LogP contribution is 2.26. The number of amides is 2. The van der Waals surface area contributed by atoms with Crippen LogP contribution in [0.2, 0.25) is 0 Å². The molecule has 0 spiro atoms. The van der Waals surface area contributed by atoms with Crippen LogP contribution < -0.4 is 16.4 Å². The molecule has 0 radical (unpaired) electrons. The fraction of sp³-hybridized carbons (Fsp3) is 0.467. The normalized spacial score (nSPS) is 17.0. The Morgan fingerprint density at radius 3 is 2.57 bits per heavy atom. The quantitative estimate of drug-likeness (QED) is 0.507. The number of nitrogens with one attached hydrogen (secondary N) is 3. The maximum absolute atomic E-state index is 13.5. The lowest BCUT2D eigenvalue weighted by atomic mass is 9.83. The minimum absolute atomic E-state index is 0.0504. The molecule has 1 saturated carbocycles. The van der Waals surface area contributed by atoms with Gasteiger partial charge in [0.1, 0.15) is 11.7 Å². The number of amidine groups is 1. The molecule has 1 aliphatic rings. The second-order valence-corrected chi connectivity index (χ2v) is 5.41. The van der Waals surface area contributed by atoms with Crippen molar-refractivity contribution in [2.45, 2.75) is 38.1 Å². The van der Waals surface area contributed by atoms with Gasteiger partial charge in [-0.05, 0) is 30.9 Å². The lowest BCUT2D eigenvalue weighted by Gasteiger charge is -2.30. The van der Waals surface area contributed by atoms with Gasteiger partial charge in [-0.3, -0.25) is 5.41 Å². The lowest BCUT2D eigenvalue weighted by molar-refractivity contribution is 0.242. The van der Waals surface area contributed by atoms with Gasteiger partial charge in [-0.1, -0.05) is 31.4 Å². The SMILES string of the molecule is N=C(N)C(NC(=O)Nc1ccccc1F)C1CCCCC1. The van der Waals surface area contributed by atoms with Crippen LogP contribution in [0.1, 0.15) is 32.1 Å². The number of hydrogen-bond acceptors (Lipinski definition) is 2. The van der Waals surface area contributed by atoms with Crippen LogP contribution in [0, 0.1) is 17.1 Å². The number of urea groups is 1. The van der Waals surface area contributed by atoms with Crippen molar-refractivity contribution >= 4 is 17.6 Å². The molecule has 1 aromatic rings. The van der Waals surface area contributed by atoms with E-state index in [-0.39, 0.29) is 17.4 Å². The summed E-state index contributed by atoms with van der Waals surface area (Å²) in [6, 6.07) is 4.93. The third-order valence-corrected chi connectivity index (χ3v) is 3.86. The lowest BCUT2D eigenvalue weighted by Crippen LogP contribution is -2.50. The van der Waals surface area contributed by atoms with E-state index in [0.717, 1.165) is 25.7 Å². The summed E-state index contributed by atoms with van der Waals surface area (Å²) in [6.45, 7) is 0. The van der Waals surface area contributed by atoms with Crippen molar-refractivity contribution in [3.63, 3.8) is 0 Å². The zero-order valence-corrected chi connectivity index (χ0v) is 11.9. The summed E-state index contributed by atoms with van der Waals surface area (Å²) in [5.41, 5.74) is 5.72. The number of anilines is 1. The van der Waals surface area contributed by atoms with Crippen molar-refractivity contribution in [2.24, 2.45) is 11.7 Å². The molecule has 1 aliphatic carbocycles. The Morgan fingerprint density at radius 2 is 1.95 bits per heavy atom. The van der Waals surface area contributed by atoms with Gasteiger partial charge >= 0.3 is 6.03 Å². The van der Waals surface area contributed by atoms with Crippen LogP contribution in [0.5, 0.6) is 0 Å². The smallest absolute Gasteiger partial charge is 0.319 e. The zero-order valence-electron chi connectivity index (χ0n) is 11.9. The van der Waals surface area contributed by atoms with E-state index in [1.807, 2.05) is 0 Å². The van der Waals surface area contributed by atoms with Crippen molar-refractivity contribution in [3.8, 4) is 0 Å². The summed E-state index contributed by atoms with van der Waals surface area (Å²) in [7, 11) is 0. The molecule has 21 heavy (non-hydrogen) atoms. The zero-order chi connectivity index (χ0) is 15.2. The first-order chi connectivity index (χ1) is 10.1. The fourth-order valence-electron chi connectivity index (χ4n) is 2.78. The molecule has 1 aromatic carbocycles. The second-order valence-electron chi connectivity index (χ2n) is 5.41. The van der Waals surface area contributed by atoms with Gasteiger partial charge in [0, 0.05) is 0 Å². The number of benzene rings is 1. The third kappa shape index (κ3) is 4.18. The molecule has 0 aromatic heterocycles. The van der Waals surface area contributed by atoms with E-state index in [0.29, 0.717) is 0 Å². The maximum Gasteiger partial charge on any atom is 0.319 e. The van der Waals surface area contributed by atoms with Crippen molar-refractivity contribution < 1.29 is 9.18 Å². The Morgan fingerprint density at radius 1 is 1.29 bits per heavy atom. The summed E-state index contributed by atoms with van der Waals surface area (Å²) in [5, 5.41) is 12.8. The minimum Gasteiger partial charge on any atom is -0.386 e. The van der Waals surface area contributed by atoms with Crippen LogP contribution in [-0.2, 0) is 0 Å². The van der Waals surface area contributed by atoms with Gasteiger partial charge in [-0.15, -0.1) is 0 Å². The Balaban J connectivity index is 1.98. The standard InChI is InChI=1S/C15H21FN4O/c16-11-8-4-5-9-12(11)19-15(21)20-13(14(17)18)10-6-2-1-3-7-10/h4-5,8-10,13H,1-3,6-7H2,(H3,17,18)(H2,19,20,21). The van der Waals surface area contributed by atoms with E-state index in [2.05, 4.69) is 10.6 Å². The predicted molar refractivity (Wildman–Crippen MR) is 80.8 cm³/mol. The highest BCUT2D eigenvalue weighted by molar-refractivity contribution is 5.94. The molecular weight excluding hydrogens is 271 g/mol. The molecule has 0 saturated heterocycles. The van der Waals surface area contributed by atoms with Gasteiger partial charge in [0.05, 0.1) is 11.7 Å². The first-order valence-corrected chi connectivity index (χ1v) is 7.24. The van der Waals surface area contributed by atoms with Crippen molar-refractivity contribution in [2.75, 3.05) is 5.32 Å². The van der Waals surface area contributed by atoms with Gasteiger partial charge in [0.25, 0.3) is 0 Å². The van der Waals surface area contributed by atoms with Crippen molar-refractivity contribution in [1.29, 1.82) is 5.41 Å². The van der Waals surface area contributed by atoms with Gasteiger partial charge in [-0.2, -0.15) is 0 Å². The summed E-state index contributed by atoms with van der Waals surface area (Å²) in [6.07, 6.45) is 5.26. The van der Waals surface area contributed by atoms with Crippen LogP contribution in [0.4, 0.5) is 14.9 Å². The molecule has 2 rings (SSSR count). The summed E-state index contributed by atoms with van der Waals surface area (Å²) in [4.78, 5) is 12.0. The van der Waals surface area contributed by atoms with E-state index < -0.39 is 17.9 Å². The van der Waals surface area contributed by atoms with E-state index in [9.17, 15) is 9.18 Å². The molecule has 6 heteroatoms. The number of hydrogen-bond donors (Lipinski definition) is 4. The highest BCUT2D eigenvalue weighted by Gasteiger charge is 2.27. The monoisotopic (exact) mass is 292 g/mol. The number of rotatable bonds is 4. The van der Waals surface area contributed by atoms with Crippen molar-refractivity contribution in [1.82, 2.24) is 5.32 Å². The Labute approximate surface area is 123 Å². The molecule has 0 heterocycles.